The molecule has 0 aliphatic carbocycles. The van der Waals surface area contributed by atoms with Gasteiger partial charge < -0.3 is 14.5 Å². The minimum Gasteiger partial charge on any atom is -0.482 e. The average molecular weight is 342 g/mol. The molecule has 2 heterocycles. The molecule has 0 saturated heterocycles. The van der Waals surface area contributed by atoms with Gasteiger partial charge in [-0.3, -0.25) is 14.5 Å². The molecule has 1 N–H and O–H groups in total. The molecule has 2 aromatic rings. The van der Waals surface area contributed by atoms with Crippen molar-refractivity contribution in [1.29, 1.82) is 0 Å². The second-order valence-corrected chi connectivity index (χ2v) is 6.44. The number of furan rings is 1. The number of nitrogens with one attached hydrogen (secondary N) is 1. The fourth-order valence-electron chi connectivity index (χ4n) is 2.63. The van der Waals surface area contributed by atoms with Crippen molar-refractivity contribution < 1.29 is 18.7 Å². The Morgan fingerprint density at radius 2 is 2.04 bits per heavy atom. The van der Waals surface area contributed by atoms with E-state index in [4.69, 9.17) is 9.15 Å². The van der Waals surface area contributed by atoms with E-state index in [1.54, 1.807) is 17.0 Å². The smallest absolute Gasteiger partial charge is 0.286 e. The first-order valence-corrected chi connectivity index (χ1v) is 8.43. The minimum atomic E-state index is -0.236. The van der Waals surface area contributed by atoms with Crippen LogP contribution >= 0.6 is 0 Å². The van der Waals surface area contributed by atoms with Crippen LogP contribution in [0.15, 0.2) is 40.8 Å². The number of hydrogen-bond acceptors (Lipinski definition) is 4. The zero-order valence-electron chi connectivity index (χ0n) is 14.5. The number of benzene rings is 1. The Morgan fingerprint density at radius 1 is 1.24 bits per heavy atom. The second kappa shape index (κ2) is 7.42. The number of anilines is 1. The maximum absolute atomic E-state index is 12.2. The van der Waals surface area contributed by atoms with Crippen molar-refractivity contribution >= 4 is 17.5 Å². The summed E-state index contributed by atoms with van der Waals surface area (Å²) in [5, 5.41) is 2.84. The topological polar surface area (TPSA) is 71.8 Å². The summed E-state index contributed by atoms with van der Waals surface area (Å²) in [6, 6.07) is 10.7. The Morgan fingerprint density at radius 3 is 2.84 bits per heavy atom. The number of nitrogens with zero attached hydrogens (tertiary/aromatic N) is 1. The highest BCUT2D eigenvalue weighted by Gasteiger charge is 2.26. The molecular weight excluding hydrogens is 320 g/mol. The maximum atomic E-state index is 12.2. The number of amides is 2. The normalized spacial score (nSPS) is 13.6. The molecule has 2 amide bonds. The zero-order chi connectivity index (χ0) is 17.8. The van der Waals surface area contributed by atoms with Crippen LogP contribution in [-0.2, 0) is 11.3 Å². The monoisotopic (exact) mass is 342 g/mol. The number of hydrogen-bond donors (Lipinski definition) is 1. The first kappa shape index (κ1) is 17.1. The average Bonchev–Trinajstić information content (AvgIpc) is 3.06. The lowest BCUT2D eigenvalue weighted by atomic mass is 10.1. The number of carbonyl (C=O) groups excluding carboxylic acids is 2. The predicted molar refractivity (Wildman–Crippen MR) is 93.6 cm³/mol. The summed E-state index contributed by atoms with van der Waals surface area (Å²) in [6.45, 7) is 5.09. The van der Waals surface area contributed by atoms with Gasteiger partial charge in [0.1, 0.15) is 11.5 Å². The summed E-state index contributed by atoms with van der Waals surface area (Å²) in [5.41, 5.74) is 0.707. The van der Waals surface area contributed by atoms with E-state index < -0.39 is 0 Å². The standard InChI is InChI=1S/C19H22N2O4/c1-13(2)9-10-20-19(23)17-8-7-14(25-17)11-21-15-5-3-4-6-16(15)24-12-18(21)22/h3-8,13H,9-12H2,1-2H3,(H,20,23). The summed E-state index contributed by atoms with van der Waals surface area (Å²) in [6.07, 6.45) is 0.915. The largest absolute Gasteiger partial charge is 0.482 e. The van der Waals surface area contributed by atoms with Gasteiger partial charge in [-0.15, -0.1) is 0 Å². The van der Waals surface area contributed by atoms with Crippen LogP contribution in [0.3, 0.4) is 0 Å². The maximum Gasteiger partial charge on any atom is 0.286 e. The van der Waals surface area contributed by atoms with E-state index in [0.29, 0.717) is 29.7 Å². The molecule has 6 nitrogen and oxygen atoms in total. The van der Waals surface area contributed by atoms with E-state index >= 15 is 0 Å². The van der Waals surface area contributed by atoms with Crippen LogP contribution in [0.1, 0.15) is 36.6 Å². The van der Waals surface area contributed by atoms with E-state index in [0.717, 1.165) is 6.42 Å². The number of rotatable bonds is 6. The molecule has 3 rings (SSSR count). The third-order valence-electron chi connectivity index (χ3n) is 4.01. The Hall–Kier alpha value is -2.76. The highest BCUT2D eigenvalue weighted by atomic mass is 16.5. The predicted octanol–water partition coefficient (Wildman–Crippen LogP) is 2.98. The Bertz CT molecular complexity index is 766. The molecule has 1 aliphatic heterocycles. The summed E-state index contributed by atoms with van der Waals surface area (Å²) in [7, 11) is 0. The molecule has 6 heteroatoms. The molecule has 1 aromatic carbocycles. The molecule has 132 valence electrons. The van der Waals surface area contributed by atoms with Gasteiger partial charge in [0.2, 0.25) is 0 Å². The summed E-state index contributed by atoms with van der Waals surface area (Å²) in [5.74, 6) is 1.63. The van der Waals surface area contributed by atoms with Crippen LogP contribution < -0.4 is 15.0 Å². The van der Waals surface area contributed by atoms with Crippen molar-refractivity contribution in [3.63, 3.8) is 0 Å². The van der Waals surface area contributed by atoms with Gasteiger partial charge in [-0.1, -0.05) is 26.0 Å². The van der Waals surface area contributed by atoms with Gasteiger partial charge >= 0.3 is 0 Å². The van der Waals surface area contributed by atoms with Crippen molar-refractivity contribution in [2.45, 2.75) is 26.8 Å². The Kier molecular flexibility index (Phi) is 5.07. The molecule has 25 heavy (non-hydrogen) atoms. The Balaban J connectivity index is 1.67. The quantitative estimate of drug-likeness (QED) is 0.876. The number of fused-ring (bicyclic) bond motifs is 1. The van der Waals surface area contributed by atoms with Crippen molar-refractivity contribution in [3.05, 3.63) is 47.9 Å². The lowest BCUT2D eigenvalue weighted by molar-refractivity contribution is -0.121. The Labute approximate surface area is 146 Å². The molecule has 1 aromatic heterocycles. The van der Waals surface area contributed by atoms with Crippen LogP contribution in [0, 0.1) is 5.92 Å². The minimum absolute atomic E-state index is 0.000265. The van der Waals surface area contributed by atoms with Gasteiger partial charge in [-0.25, -0.2) is 0 Å². The molecular formula is C19H22N2O4. The first-order chi connectivity index (χ1) is 12.0. The molecule has 1 aliphatic rings. The van der Waals surface area contributed by atoms with E-state index in [2.05, 4.69) is 19.2 Å². The van der Waals surface area contributed by atoms with E-state index in [1.165, 1.54) is 0 Å². The van der Waals surface area contributed by atoms with Gasteiger partial charge in [0.05, 0.1) is 12.2 Å². The highest BCUT2D eigenvalue weighted by molar-refractivity contribution is 5.97. The van der Waals surface area contributed by atoms with Crippen molar-refractivity contribution in [3.8, 4) is 5.75 Å². The molecule has 0 unspecified atom stereocenters. The number of para-hydroxylation sites is 2. The van der Waals surface area contributed by atoms with Gasteiger partial charge in [0, 0.05) is 6.54 Å². The van der Waals surface area contributed by atoms with Crippen LogP contribution in [0.5, 0.6) is 5.75 Å². The van der Waals surface area contributed by atoms with Crippen LogP contribution in [0.25, 0.3) is 0 Å². The van der Waals surface area contributed by atoms with E-state index in [-0.39, 0.29) is 30.7 Å². The molecule has 0 fully saturated rings. The van der Waals surface area contributed by atoms with Crippen molar-refractivity contribution in [1.82, 2.24) is 5.32 Å². The van der Waals surface area contributed by atoms with Crippen LogP contribution in [0.4, 0.5) is 5.69 Å². The summed E-state index contributed by atoms with van der Waals surface area (Å²) >= 11 is 0. The van der Waals surface area contributed by atoms with Crippen LogP contribution in [0.2, 0.25) is 0 Å². The van der Waals surface area contributed by atoms with Gasteiger partial charge in [-0.05, 0) is 36.6 Å². The van der Waals surface area contributed by atoms with Crippen molar-refractivity contribution in [2.24, 2.45) is 5.92 Å². The van der Waals surface area contributed by atoms with Gasteiger partial charge in [-0.2, -0.15) is 0 Å². The molecule has 0 radical (unpaired) electrons. The highest BCUT2D eigenvalue weighted by Crippen LogP contribution is 2.32. The molecule has 0 bridgehead atoms. The van der Waals surface area contributed by atoms with Crippen LogP contribution in [-0.4, -0.2) is 25.0 Å². The first-order valence-electron chi connectivity index (χ1n) is 8.43. The SMILES string of the molecule is CC(C)CCNC(=O)c1ccc(CN2C(=O)COc3ccccc32)o1. The lowest BCUT2D eigenvalue weighted by Gasteiger charge is -2.28. The van der Waals surface area contributed by atoms with Gasteiger partial charge in [0.15, 0.2) is 12.4 Å². The molecule has 0 spiro atoms. The fourth-order valence-corrected chi connectivity index (χ4v) is 2.63. The summed E-state index contributed by atoms with van der Waals surface area (Å²) in [4.78, 5) is 25.9. The third kappa shape index (κ3) is 4.02. The van der Waals surface area contributed by atoms with Gasteiger partial charge in [0.25, 0.3) is 11.8 Å². The lowest BCUT2D eigenvalue weighted by Crippen LogP contribution is -2.38. The zero-order valence-corrected chi connectivity index (χ0v) is 14.5. The van der Waals surface area contributed by atoms with E-state index in [1.807, 2.05) is 24.3 Å². The number of carbonyl (C=O) groups is 2. The third-order valence-corrected chi connectivity index (χ3v) is 4.01. The van der Waals surface area contributed by atoms with E-state index in [9.17, 15) is 9.59 Å². The molecule has 0 saturated carbocycles. The van der Waals surface area contributed by atoms with Crippen molar-refractivity contribution in [2.75, 3.05) is 18.1 Å². The molecule has 0 atom stereocenters. The summed E-state index contributed by atoms with van der Waals surface area (Å²) < 4.78 is 11.0. The second-order valence-electron chi connectivity index (χ2n) is 6.44. The fraction of sp³-hybridized carbons (Fsp3) is 0.368. The number of ether oxygens (including phenoxy) is 1.